The van der Waals surface area contributed by atoms with E-state index in [0.29, 0.717) is 129 Å². The minimum Gasteiger partial charge on any atom is -0.461 e. The Morgan fingerprint density at radius 2 is 1.47 bits per heavy atom. The molecule has 4 heterocycles. The van der Waals surface area contributed by atoms with Crippen LogP contribution in [-0.4, -0.2) is 163 Å². The Morgan fingerprint density at radius 1 is 0.813 bits per heavy atom. The normalized spacial score (nSPS) is 14.2. The first kappa shape index (κ1) is 71.1. The minimum absolute atomic E-state index is 0.0253. The van der Waals surface area contributed by atoms with Gasteiger partial charge in [0.2, 0.25) is 24.1 Å². The molecule has 0 fully saturated rings. The van der Waals surface area contributed by atoms with E-state index in [4.69, 9.17) is 48.6 Å². The van der Waals surface area contributed by atoms with Crippen molar-refractivity contribution in [2.24, 2.45) is 11.7 Å². The predicted octanol–water partition coefficient (Wildman–Crippen LogP) is 4.77. The summed E-state index contributed by atoms with van der Waals surface area (Å²) in [6.07, 6.45) is 5.88. The summed E-state index contributed by atoms with van der Waals surface area (Å²) >= 11 is 0. The first-order chi connectivity index (χ1) is 44.0. The number of ether oxygens (including phenoxy) is 8. The van der Waals surface area contributed by atoms with Crippen molar-refractivity contribution >= 4 is 46.3 Å². The number of anilines is 1. The zero-order valence-corrected chi connectivity index (χ0v) is 52.7. The average molecular weight is 1270 g/mol. The molecule has 27 heteroatoms. The van der Waals surface area contributed by atoms with Gasteiger partial charge in [0.05, 0.1) is 108 Å². The summed E-state index contributed by atoms with van der Waals surface area (Å²) in [6.45, 7) is 13.5. The second kappa shape index (κ2) is 36.7. The molecule has 26 nitrogen and oxygen atoms in total. The van der Waals surface area contributed by atoms with Crippen molar-refractivity contribution in [1.29, 1.82) is 0 Å². The van der Waals surface area contributed by atoms with Gasteiger partial charge in [0, 0.05) is 72.8 Å². The molecule has 2 aliphatic rings. The maximum atomic E-state index is 15.5. The summed E-state index contributed by atoms with van der Waals surface area (Å²) in [7, 11) is 0. The minimum atomic E-state index is -1.53. The highest BCUT2D eigenvalue weighted by Gasteiger charge is 2.36. The quantitative estimate of drug-likeness (QED) is 0.0145. The highest BCUT2D eigenvalue weighted by Crippen LogP contribution is 2.45. The molecule has 4 atom stereocenters. The van der Waals surface area contributed by atoms with Crippen LogP contribution < -0.4 is 37.9 Å². The topological polar surface area (TPSA) is 339 Å². The number of imidazole rings is 1. The maximum absolute atomic E-state index is 15.5. The fourth-order valence-electron chi connectivity index (χ4n) is 10.7. The van der Waals surface area contributed by atoms with E-state index >= 15 is 4.39 Å². The van der Waals surface area contributed by atoms with E-state index in [0.717, 1.165) is 30.6 Å². The molecule has 1 aliphatic heterocycles. The van der Waals surface area contributed by atoms with Gasteiger partial charge >= 0.3 is 12.0 Å². The van der Waals surface area contributed by atoms with Gasteiger partial charge in [-0.1, -0.05) is 34.1 Å². The van der Waals surface area contributed by atoms with Crippen LogP contribution in [0.1, 0.15) is 124 Å². The fourth-order valence-corrected chi connectivity index (χ4v) is 10.7. The number of primary amides is 1. The second-order valence-corrected chi connectivity index (χ2v) is 22.4. The average Bonchev–Trinajstić information content (AvgIpc) is 1.65. The first-order valence-corrected chi connectivity index (χ1v) is 31.3. The number of carbonyl (C=O) groups is 5. The van der Waals surface area contributed by atoms with Crippen LogP contribution in [0.5, 0.6) is 0 Å². The number of hydrogen-bond donors (Lipinski definition) is 8. The van der Waals surface area contributed by atoms with Crippen LogP contribution >= 0.6 is 0 Å². The van der Waals surface area contributed by atoms with E-state index in [9.17, 15) is 39.0 Å². The molecule has 2 aromatic carbocycles. The number of nitrogens with one attached hydrogen (secondary N) is 5. The number of nitrogens with zero attached hydrogens (tertiary/aromatic N) is 4. The Labute approximate surface area is 528 Å². The Morgan fingerprint density at radius 3 is 2.10 bits per heavy atom. The lowest BCUT2D eigenvalue weighted by Crippen LogP contribution is -2.54. The summed E-state index contributed by atoms with van der Waals surface area (Å²) in [4.78, 5) is 88.0. The van der Waals surface area contributed by atoms with Gasteiger partial charge in [0.15, 0.2) is 0 Å². The number of esters is 1. The van der Waals surface area contributed by atoms with E-state index in [1.54, 1.807) is 68.1 Å². The Balaban J connectivity index is 0.889. The maximum Gasteiger partial charge on any atom is 0.312 e. The third kappa shape index (κ3) is 20.6. The van der Waals surface area contributed by atoms with Crippen molar-refractivity contribution in [1.82, 2.24) is 40.4 Å². The molecule has 0 saturated carbocycles. The van der Waals surface area contributed by atoms with Crippen molar-refractivity contribution < 1.29 is 76.5 Å². The first-order valence-electron chi connectivity index (χ1n) is 31.3. The fraction of sp³-hybridized carbons (Fsp3) is 0.562. The number of benzene rings is 2. The molecule has 0 saturated heterocycles. The second-order valence-electron chi connectivity index (χ2n) is 22.4. The molecule has 0 spiro atoms. The van der Waals surface area contributed by atoms with E-state index in [2.05, 4.69) is 38.5 Å². The number of amides is 5. The van der Waals surface area contributed by atoms with Gasteiger partial charge in [-0.2, -0.15) is 0 Å². The third-order valence-electron chi connectivity index (χ3n) is 15.5. The van der Waals surface area contributed by atoms with Gasteiger partial charge in [0.1, 0.15) is 36.9 Å². The van der Waals surface area contributed by atoms with Crippen molar-refractivity contribution in [3.63, 3.8) is 0 Å². The number of halogens is 1. The number of nitrogens with two attached hydrogens (primary N) is 1. The lowest BCUT2D eigenvalue weighted by Gasteiger charge is -2.31. The van der Waals surface area contributed by atoms with Gasteiger partial charge in [-0.25, -0.2) is 19.2 Å². The van der Waals surface area contributed by atoms with E-state index in [1.807, 2.05) is 6.92 Å². The number of aryl methyl sites for hydroxylation is 1. The molecular formula is C64H89FN10O16. The molecule has 0 bridgehead atoms. The van der Waals surface area contributed by atoms with E-state index in [1.165, 1.54) is 10.6 Å². The Bertz CT molecular complexity index is 3270. The Kier molecular flexibility index (Phi) is 28.7. The molecule has 5 aromatic rings. The number of hydrogen-bond acceptors (Lipinski definition) is 19. The van der Waals surface area contributed by atoms with Crippen LogP contribution in [0.25, 0.3) is 28.0 Å². The lowest BCUT2D eigenvalue weighted by atomic mass is 9.82. The SMILES string of the molecule is CCCCOCCOCCOCCOCCOCCOCCC(=O)N[C@H](C(=O)N[C@@H](CCCNC(N)=O)C(=O)Nc1ccc(-n2ccnc2COC(O)N[C@H]2CCc3c(C)c(F)cc4nc5c(c2c34)Cn2c-5cc(CO)c(COC(=O)CCC)c2=O)cc1)C(C)C. The summed E-state index contributed by atoms with van der Waals surface area (Å²) < 4.78 is 63.2. The summed E-state index contributed by atoms with van der Waals surface area (Å²) in [5.74, 6) is -2.38. The van der Waals surface area contributed by atoms with Crippen LogP contribution in [0.3, 0.4) is 0 Å². The summed E-state index contributed by atoms with van der Waals surface area (Å²) in [5.41, 5.74) is 10.2. The number of pyridine rings is 2. The smallest absolute Gasteiger partial charge is 0.312 e. The number of urea groups is 1. The number of fused-ring (bicyclic) bond motifs is 4. The van der Waals surface area contributed by atoms with Gasteiger partial charge in [0.25, 0.3) is 5.56 Å². The number of rotatable bonds is 42. The number of aromatic nitrogens is 4. The van der Waals surface area contributed by atoms with Crippen molar-refractivity contribution in [2.75, 3.05) is 91.1 Å². The van der Waals surface area contributed by atoms with Crippen molar-refractivity contribution in [3.8, 4) is 17.1 Å². The lowest BCUT2D eigenvalue weighted by molar-refractivity contribution is -0.145. The molecule has 91 heavy (non-hydrogen) atoms. The molecule has 498 valence electrons. The van der Waals surface area contributed by atoms with Crippen LogP contribution in [0.15, 0.2) is 53.6 Å². The zero-order valence-electron chi connectivity index (χ0n) is 52.7. The monoisotopic (exact) mass is 1270 g/mol. The molecule has 1 unspecified atom stereocenters. The van der Waals surface area contributed by atoms with Crippen LogP contribution in [0, 0.1) is 18.7 Å². The van der Waals surface area contributed by atoms with E-state index in [-0.39, 0.29) is 82.2 Å². The Hall–Kier alpha value is -7.31. The van der Waals surface area contributed by atoms with Gasteiger partial charge in [-0.15, -0.1) is 0 Å². The largest absolute Gasteiger partial charge is 0.461 e. The van der Waals surface area contributed by atoms with E-state index < -0.39 is 72.2 Å². The number of unbranched alkanes of at least 4 members (excludes halogenated alkanes) is 1. The summed E-state index contributed by atoms with van der Waals surface area (Å²) in [6, 6.07) is 6.44. The standard InChI is InChI=1S/C64H89FN10O16/c1-6-8-22-84-24-26-86-28-30-88-32-33-89-31-29-87-27-25-85-23-18-54(77)73-58(40(3)4)61(80)71-50(11-9-19-68-63(66)82)60(79)69-43-12-14-44(15-13-43)74-21-20-67-53(74)39-91-64(83)72-49-17-16-45-41(5)48(65)35-51-56(45)57(49)46-36-75-52(59(46)70-51)34-42(37-76)47(62(75)81)38-90-55(78)10-7-2/h12-15,20-21,34-35,40,49-50,58,64,72,76,83H,6-11,16-19,22-33,36-39H2,1-5H3,(H,69,79)(H,71,80)(H,73,77)(H3,66,68,82)/t49-,50-,58-,64?/m0/s1. The van der Waals surface area contributed by atoms with Gasteiger partial charge in [-0.05, 0) is 104 Å². The van der Waals surface area contributed by atoms with Crippen LogP contribution in [-0.2, 0) is 89.9 Å². The van der Waals surface area contributed by atoms with Crippen molar-refractivity contribution in [3.05, 3.63) is 104 Å². The molecular weight excluding hydrogens is 1180 g/mol. The predicted molar refractivity (Wildman–Crippen MR) is 333 cm³/mol. The highest BCUT2D eigenvalue weighted by atomic mass is 19.1. The third-order valence-corrected chi connectivity index (χ3v) is 15.5. The summed E-state index contributed by atoms with van der Waals surface area (Å²) in [5, 5.41) is 36.7. The molecule has 7 rings (SSSR count). The molecule has 0 radical (unpaired) electrons. The molecule has 9 N–H and O–H groups in total. The number of carbonyl (C=O) groups excluding carboxylic acids is 5. The molecule has 1 aliphatic carbocycles. The van der Waals surface area contributed by atoms with Crippen LogP contribution in [0.2, 0.25) is 0 Å². The molecule has 5 amide bonds. The van der Waals surface area contributed by atoms with Crippen molar-refractivity contribution in [2.45, 2.75) is 143 Å². The van der Waals surface area contributed by atoms with Crippen LogP contribution in [0.4, 0.5) is 14.9 Å². The zero-order chi connectivity index (χ0) is 65.2. The number of aliphatic hydroxyl groups excluding tert-OH is 2. The number of aliphatic hydroxyl groups is 2. The highest BCUT2D eigenvalue weighted by molar-refractivity contribution is 5.98. The molecule has 3 aromatic heterocycles. The van der Waals surface area contributed by atoms with Gasteiger partial charge in [-0.3, -0.25) is 29.3 Å². The van der Waals surface area contributed by atoms with Gasteiger partial charge < -0.3 is 84.2 Å².